The number of hydrogen-bond acceptors (Lipinski definition) is 6. The van der Waals surface area contributed by atoms with Crippen molar-refractivity contribution in [3.8, 4) is 5.75 Å². The fourth-order valence-electron chi connectivity index (χ4n) is 5.06. The first-order valence-corrected chi connectivity index (χ1v) is 13.2. The smallest absolute Gasteiger partial charge is 0.303 e. The Morgan fingerprint density at radius 2 is 2.23 bits per heavy atom. The van der Waals surface area contributed by atoms with Crippen LogP contribution in [0.25, 0.3) is 10.9 Å². The van der Waals surface area contributed by atoms with Crippen LogP contribution in [0.5, 0.6) is 5.75 Å². The van der Waals surface area contributed by atoms with Crippen molar-refractivity contribution in [3.63, 3.8) is 0 Å². The third-order valence-electron chi connectivity index (χ3n) is 6.88. The summed E-state index contributed by atoms with van der Waals surface area (Å²) in [5, 5.41) is 11.2. The van der Waals surface area contributed by atoms with E-state index in [1.54, 1.807) is 37.4 Å². The zero-order chi connectivity index (χ0) is 24.6. The molecule has 188 valence electrons. The van der Waals surface area contributed by atoms with E-state index in [2.05, 4.69) is 9.88 Å². The highest BCUT2D eigenvalue weighted by Gasteiger charge is 2.31. The Morgan fingerprint density at radius 3 is 3.00 bits per heavy atom. The van der Waals surface area contributed by atoms with E-state index in [0.29, 0.717) is 24.2 Å². The van der Waals surface area contributed by atoms with E-state index in [-0.39, 0.29) is 18.3 Å². The van der Waals surface area contributed by atoms with Gasteiger partial charge in [-0.15, -0.1) is 0 Å². The predicted octanol–water partition coefficient (Wildman–Crippen LogP) is 6.22. The molecule has 1 saturated heterocycles. The number of carboxylic acid groups (broad SMARTS) is 1. The van der Waals surface area contributed by atoms with Gasteiger partial charge in [-0.25, -0.2) is 4.39 Å². The normalized spacial score (nSPS) is 19.6. The zero-order valence-electron chi connectivity index (χ0n) is 20.1. The monoisotopic (exact) mass is 500 g/mol. The molecule has 3 heterocycles. The van der Waals surface area contributed by atoms with Crippen molar-refractivity contribution >= 4 is 28.6 Å². The van der Waals surface area contributed by atoms with Crippen LogP contribution in [0.1, 0.15) is 43.8 Å². The lowest BCUT2D eigenvalue weighted by atomic mass is 9.79. The van der Waals surface area contributed by atoms with Crippen LogP contribution in [0, 0.1) is 11.8 Å². The van der Waals surface area contributed by atoms with Gasteiger partial charge in [0.05, 0.1) is 18.9 Å². The molecule has 0 amide bonds. The van der Waals surface area contributed by atoms with Crippen molar-refractivity contribution < 1.29 is 23.4 Å². The number of thioether (sulfide) groups is 1. The van der Waals surface area contributed by atoms with E-state index < -0.39 is 12.1 Å². The van der Waals surface area contributed by atoms with Crippen LogP contribution in [-0.2, 0) is 4.79 Å². The number of furan rings is 1. The number of fused-ring (bicyclic) bond motifs is 1. The van der Waals surface area contributed by atoms with Gasteiger partial charge in [0, 0.05) is 30.3 Å². The molecule has 35 heavy (non-hydrogen) atoms. The lowest BCUT2D eigenvalue weighted by Gasteiger charge is -2.38. The van der Waals surface area contributed by atoms with Gasteiger partial charge in [0.2, 0.25) is 0 Å². The highest BCUT2D eigenvalue weighted by molar-refractivity contribution is 7.99. The van der Waals surface area contributed by atoms with Crippen molar-refractivity contribution in [3.05, 3.63) is 54.4 Å². The summed E-state index contributed by atoms with van der Waals surface area (Å²) in [4.78, 5) is 18.3. The highest BCUT2D eigenvalue weighted by atomic mass is 32.2. The number of alkyl halides is 1. The van der Waals surface area contributed by atoms with Crippen LogP contribution in [-0.4, -0.2) is 53.5 Å². The van der Waals surface area contributed by atoms with E-state index in [1.165, 1.54) is 0 Å². The zero-order valence-corrected chi connectivity index (χ0v) is 20.9. The number of aliphatic carboxylic acids is 1. The van der Waals surface area contributed by atoms with Gasteiger partial charge in [-0.3, -0.25) is 9.78 Å². The number of methoxy groups -OCH3 is 1. The third-order valence-corrected chi connectivity index (χ3v) is 7.89. The van der Waals surface area contributed by atoms with Gasteiger partial charge in [-0.1, -0.05) is 11.8 Å². The molecule has 3 atom stereocenters. The summed E-state index contributed by atoms with van der Waals surface area (Å²) >= 11 is 1.70. The summed E-state index contributed by atoms with van der Waals surface area (Å²) in [6.07, 6.45) is 5.30. The topological polar surface area (TPSA) is 75.8 Å². The second-order valence-electron chi connectivity index (χ2n) is 9.17. The molecular weight excluding hydrogens is 467 g/mol. The Morgan fingerprint density at radius 1 is 1.34 bits per heavy atom. The largest absolute Gasteiger partial charge is 0.497 e. The Bertz CT molecular complexity index is 1090. The number of likely N-dealkylation sites (tertiary alicyclic amines) is 1. The summed E-state index contributed by atoms with van der Waals surface area (Å²) in [6, 6.07) is 11.1. The molecule has 6 nitrogen and oxygen atoms in total. The first kappa shape index (κ1) is 25.5. The average Bonchev–Trinajstić information content (AvgIpc) is 3.38. The number of hydrogen-bond donors (Lipinski definition) is 1. The van der Waals surface area contributed by atoms with Gasteiger partial charge >= 0.3 is 5.97 Å². The van der Waals surface area contributed by atoms with E-state index in [9.17, 15) is 9.90 Å². The Labute approximate surface area is 209 Å². The maximum atomic E-state index is 15.4. The van der Waals surface area contributed by atoms with Gasteiger partial charge in [0.1, 0.15) is 11.9 Å². The van der Waals surface area contributed by atoms with E-state index in [1.807, 2.05) is 30.3 Å². The molecule has 0 radical (unpaired) electrons. The maximum Gasteiger partial charge on any atom is 0.303 e. The summed E-state index contributed by atoms with van der Waals surface area (Å²) in [5.41, 5.74) is 1.36. The van der Waals surface area contributed by atoms with Crippen molar-refractivity contribution in [2.75, 3.05) is 32.5 Å². The molecule has 0 spiro atoms. The molecule has 1 N–H and O–H groups in total. The van der Waals surface area contributed by atoms with Crippen molar-refractivity contribution in [2.45, 2.75) is 43.4 Å². The minimum absolute atomic E-state index is 0.0421. The van der Waals surface area contributed by atoms with Gasteiger partial charge in [-0.2, -0.15) is 0 Å². The number of ether oxygens (including phenoxy) is 1. The first-order chi connectivity index (χ1) is 17.0. The van der Waals surface area contributed by atoms with Crippen LogP contribution in [0.2, 0.25) is 0 Å². The van der Waals surface area contributed by atoms with E-state index in [4.69, 9.17) is 9.15 Å². The second-order valence-corrected chi connectivity index (χ2v) is 10.3. The number of benzene rings is 1. The number of aromatic nitrogens is 1. The number of nitrogens with zero attached hydrogens (tertiary/aromatic N) is 2. The molecule has 1 fully saturated rings. The number of halogens is 1. The van der Waals surface area contributed by atoms with Crippen LogP contribution in [0.15, 0.2) is 58.4 Å². The minimum Gasteiger partial charge on any atom is -0.497 e. The maximum absolute atomic E-state index is 15.4. The number of pyridine rings is 1. The lowest BCUT2D eigenvalue weighted by Crippen LogP contribution is -2.42. The molecule has 1 aromatic carbocycles. The van der Waals surface area contributed by atoms with Gasteiger partial charge in [0.15, 0.2) is 5.09 Å². The fourth-order valence-corrected chi connectivity index (χ4v) is 5.84. The average molecular weight is 501 g/mol. The number of piperidine rings is 1. The van der Waals surface area contributed by atoms with Crippen molar-refractivity contribution in [1.82, 2.24) is 9.88 Å². The van der Waals surface area contributed by atoms with Gasteiger partial charge in [0.25, 0.3) is 0 Å². The van der Waals surface area contributed by atoms with Gasteiger partial charge in [-0.05, 0) is 92.6 Å². The molecule has 0 saturated carbocycles. The van der Waals surface area contributed by atoms with Crippen molar-refractivity contribution in [2.24, 2.45) is 11.8 Å². The van der Waals surface area contributed by atoms with E-state index >= 15 is 4.39 Å². The molecule has 3 aromatic rings. The second kappa shape index (κ2) is 12.4. The van der Waals surface area contributed by atoms with Crippen molar-refractivity contribution in [1.29, 1.82) is 0 Å². The molecule has 2 aromatic heterocycles. The number of carboxylic acids is 1. The molecular formula is C27H33FN2O4S. The molecule has 1 aliphatic rings. The van der Waals surface area contributed by atoms with E-state index in [0.717, 1.165) is 54.2 Å². The standard InChI is InChI=1S/C27H33FN2O4S/c1-33-21-6-8-25-23(17-21)22(9-11-29-25)24(28)7-5-19-10-13-30(18-20(19)16-26(31)32)12-3-15-35-27-4-2-14-34-27/h2,4,6,8-9,11,14,17,19-20,24H,3,5,7,10,12-13,15-16,18H2,1H3,(H,31,32)/t19-,20+,24?/m1/s1. The first-order valence-electron chi connectivity index (χ1n) is 12.2. The Balaban J connectivity index is 1.32. The Hall–Kier alpha value is -2.58. The predicted molar refractivity (Wildman–Crippen MR) is 136 cm³/mol. The Kier molecular flexibility index (Phi) is 9.04. The lowest BCUT2D eigenvalue weighted by molar-refractivity contribution is -0.139. The number of rotatable bonds is 12. The van der Waals surface area contributed by atoms with Crippen LogP contribution >= 0.6 is 11.8 Å². The van der Waals surface area contributed by atoms with Gasteiger partial charge < -0.3 is 19.2 Å². The molecule has 8 heteroatoms. The van der Waals surface area contributed by atoms with Crippen LogP contribution < -0.4 is 4.74 Å². The quantitative estimate of drug-likeness (QED) is 0.234. The summed E-state index contributed by atoms with van der Waals surface area (Å²) in [7, 11) is 1.59. The molecule has 0 bridgehead atoms. The van der Waals surface area contributed by atoms with Crippen LogP contribution in [0.3, 0.4) is 0 Å². The third kappa shape index (κ3) is 6.98. The SMILES string of the molecule is COc1ccc2nccc(C(F)CC[C@@H]3CCN(CCCSc4ccco4)C[C@@H]3CC(=O)O)c2c1. The summed E-state index contributed by atoms with van der Waals surface area (Å²) in [5.74, 6) is 1.11. The molecule has 0 aliphatic carbocycles. The fraction of sp³-hybridized carbons (Fsp3) is 0.481. The summed E-state index contributed by atoms with van der Waals surface area (Å²) < 4.78 is 26.1. The minimum atomic E-state index is -1.13. The molecule has 1 unspecified atom stereocenters. The molecule has 4 rings (SSSR count). The highest BCUT2D eigenvalue weighted by Crippen LogP contribution is 2.36. The molecule has 1 aliphatic heterocycles. The summed E-state index contributed by atoms with van der Waals surface area (Å²) in [6.45, 7) is 2.63. The number of carbonyl (C=O) groups is 1. The van der Waals surface area contributed by atoms with Crippen LogP contribution in [0.4, 0.5) is 4.39 Å².